The van der Waals surface area contributed by atoms with Gasteiger partial charge in [0.1, 0.15) is 5.82 Å². The van der Waals surface area contributed by atoms with Gasteiger partial charge < -0.3 is 4.90 Å². The summed E-state index contributed by atoms with van der Waals surface area (Å²) < 4.78 is 14.0. The van der Waals surface area contributed by atoms with Crippen molar-refractivity contribution >= 4 is 23.5 Å². The van der Waals surface area contributed by atoms with Gasteiger partial charge in [-0.05, 0) is 19.1 Å². The molecule has 8 heteroatoms. The van der Waals surface area contributed by atoms with Crippen molar-refractivity contribution in [2.75, 3.05) is 16.8 Å². The van der Waals surface area contributed by atoms with Crippen molar-refractivity contribution in [3.05, 3.63) is 59.9 Å². The normalized spacial score (nSPS) is 16.4. The highest BCUT2D eigenvalue weighted by Gasteiger charge is 2.36. The molecule has 2 amide bonds. The van der Waals surface area contributed by atoms with Crippen LogP contribution in [0.2, 0.25) is 0 Å². The molecule has 1 fully saturated rings. The molecule has 1 unspecified atom stereocenters. The first-order chi connectivity index (χ1) is 13.5. The Morgan fingerprint density at radius 1 is 1.21 bits per heavy atom. The lowest BCUT2D eigenvalue weighted by atomic mass is 10.1. The highest BCUT2D eigenvalue weighted by Crippen LogP contribution is 2.28. The Kier molecular flexibility index (Phi) is 4.60. The molecule has 7 nitrogen and oxygen atoms in total. The third kappa shape index (κ3) is 3.48. The molecule has 1 aliphatic heterocycles. The molecule has 0 bridgehead atoms. The van der Waals surface area contributed by atoms with Crippen molar-refractivity contribution in [2.45, 2.75) is 13.3 Å². The number of para-hydroxylation sites is 1. The summed E-state index contributed by atoms with van der Waals surface area (Å²) in [5.74, 6) is -1.09. The van der Waals surface area contributed by atoms with Crippen molar-refractivity contribution in [3.8, 4) is 11.4 Å². The van der Waals surface area contributed by atoms with Crippen molar-refractivity contribution < 1.29 is 14.0 Å². The number of aromatic nitrogens is 3. The largest absolute Gasteiger partial charge is 0.309 e. The van der Waals surface area contributed by atoms with Crippen LogP contribution in [-0.2, 0) is 9.59 Å². The molecule has 0 radical (unpaired) electrons. The van der Waals surface area contributed by atoms with E-state index in [4.69, 9.17) is 0 Å². The first kappa shape index (κ1) is 17.8. The Balaban J connectivity index is 1.44. The van der Waals surface area contributed by atoms with E-state index in [1.807, 2.05) is 31.2 Å². The van der Waals surface area contributed by atoms with Crippen LogP contribution in [0.4, 0.5) is 16.0 Å². The number of rotatable bonds is 4. The van der Waals surface area contributed by atoms with Crippen LogP contribution in [0.1, 0.15) is 12.0 Å². The molecule has 2 N–H and O–H groups in total. The molecule has 0 aliphatic carbocycles. The van der Waals surface area contributed by atoms with Gasteiger partial charge in [-0.15, -0.1) is 5.10 Å². The van der Waals surface area contributed by atoms with Crippen molar-refractivity contribution in [2.24, 2.45) is 5.92 Å². The zero-order valence-electron chi connectivity index (χ0n) is 15.1. The predicted molar refractivity (Wildman–Crippen MR) is 102 cm³/mol. The van der Waals surface area contributed by atoms with E-state index < -0.39 is 11.7 Å². The Hall–Kier alpha value is -3.55. The number of carbonyl (C=O) groups excluding carboxylic acids is 2. The van der Waals surface area contributed by atoms with Crippen LogP contribution in [0.3, 0.4) is 0 Å². The number of halogens is 1. The summed E-state index contributed by atoms with van der Waals surface area (Å²) in [7, 11) is 0. The van der Waals surface area contributed by atoms with Crippen molar-refractivity contribution in [3.63, 3.8) is 0 Å². The molecule has 2 aromatic carbocycles. The van der Waals surface area contributed by atoms with E-state index in [1.54, 1.807) is 12.1 Å². The fraction of sp³-hybridized carbons (Fsp3) is 0.200. The summed E-state index contributed by atoms with van der Waals surface area (Å²) in [6.45, 7) is 2.10. The lowest BCUT2D eigenvalue weighted by Gasteiger charge is -2.17. The van der Waals surface area contributed by atoms with Gasteiger partial charge in [0.2, 0.25) is 17.8 Å². The first-order valence-electron chi connectivity index (χ1n) is 8.86. The van der Waals surface area contributed by atoms with Crippen molar-refractivity contribution in [1.82, 2.24) is 15.2 Å². The third-order valence-electron chi connectivity index (χ3n) is 4.68. The fourth-order valence-electron chi connectivity index (χ4n) is 3.16. The quantitative estimate of drug-likeness (QED) is 0.729. The Bertz CT molecular complexity index is 1030. The van der Waals surface area contributed by atoms with Gasteiger partial charge in [0, 0.05) is 18.5 Å². The summed E-state index contributed by atoms with van der Waals surface area (Å²) in [5.41, 5.74) is 2.16. The molecular formula is C20H18FN5O2. The maximum atomic E-state index is 14.0. The minimum atomic E-state index is -0.603. The number of anilines is 2. The molecule has 4 rings (SSSR count). The monoisotopic (exact) mass is 379 g/mol. The van der Waals surface area contributed by atoms with Crippen LogP contribution >= 0.6 is 0 Å². The van der Waals surface area contributed by atoms with Gasteiger partial charge in [-0.1, -0.05) is 42.0 Å². The second-order valence-electron chi connectivity index (χ2n) is 6.72. The number of nitrogens with zero attached hydrogens (tertiary/aromatic N) is 3. The zero-order valence-corrected chi connectivity index (χ0v) is 15.1. The number of aryl methyl sites for hydroxylation is 1. The number of aromatic amines is 1. The third-order valence-corrected chi connectivity index (χ3v) is 4.68. The number of H-pyrrole nitrogens is 1. The van der Waals surface area contributed by atoms with E-state index in [0.29, 0.717) is 5.82 Å². The van der Waals surface area contributed by atoms with Crippen LogP contribution in [0.25, 0.3) is 11.4 Å². The predicted octanol–water partition coefficient (Wildman–Crippen LogP) is 2.91. The van der Waals surface area contributed by atoms with Gasteiger partial charge in [0.15, 0.2) is 5.82 Å². The summed E-state index contributed by atoms with van der Waals surface area (Å²) in [4.78, 5) is 30.4. The highest BCUT2D eigenvalue weighted by atomic mass is 19.1. The number of amides is 2. The summed E-state index contributed by atoms with van der Waals surface area (Å²) in [6, 6.07) is 13.7. The lowest BCUT2D eigenvalue weighted by Crippen LogP contribution is -2.28. The standard InChI is InChI=1S/C20H18FN5O2/c1-12-6-8-13(9-7-12)18-22-20(25-24-18)23-19(28)14-10-17(27)26(11-14)16-5-3-2-4-15(16)21/h2-9,14H,10-11H2,1H3,(H2,22,23,24,25,28). The van der Waals surface area contributed by atoms with Crippen molar-refractivity contribution in [1.29, 1.82) is 0 Å². The minimum Gasteiger partial charge on any atom is -0.309 e. The van der Waals surface area contributed by atoms with Gasteiger partial charge >= 0.3 is 0 Å². The van der Waals surface area contributed by atoms with Crippen LogP contribution in [-0.4, -0.2) is 33.5 Å². The maximum Gasteiger partial charge on any atom is 0.249 e. The molecular weight excluding hydrogens is 361 g/mol. The average molecular weight is 379 g/mol. The lowest BCUT2D eigenvalue weighted by molar-refractivity contribution is -0.122. The van der Waals surface area contributed by atoms with Gasteiger partial charge in [-0.2, -0.15) is 4.98 Å². The van der Waals surface area contributed by atoms with Gasteiger partial charge in [-0.3, -0.25) is 20.0 Å². The second-order valence-corrected chi connectivity index (χ2v) is 6.72. The van der Waals surface area contributed by atoms with E-state index in [2.05, 4.69) is 20.5 Å². The maximum absolute atomic E-state index is 14.0. The van der Waals surface area contributed by atoms with Crippen LogP contribution in [0, 0.1) is 18.7 Å². The number of carbonyl (C=O) groups is 2. The Morgan fingerprint density at radius 3 is 2.71 bits per heavy atom. The first-order valence-corrected chi connectivity index (χ1v) is 8.86. The summed E-state index contributed by atoms with van der Waals surface area (Å²) in [5, 5.41) is 9.42. The smallest absolute Gasteiger partial charge is 0.249 e. The molecule has 1 aliphatic rings. The number of hydrogen-bond donors (Lipinski definition) is 2. The van der Waals surface area contributed by atoms with E-state index >= 15 is 0 Å². The topological polar surface area (TPSA) is 91.0 Å². The van der Waals surface area contributed by atoms with Gasteiger partial charge in [0.25, 0.3) is 0 Å². The fourth-order valence-corrected chi connectivity index (χ4v) is 3.16. The molecule has 0 saturated carbocycles. The molecule has 142 valence electrons. The van der Waals surface area contributed by atoms with E-state index in [1.165, 1.54) is 17.0 Å². The molecule has 1 aromatic heterocycles. The Morgan fingerprint density at radius 2 is 1.96 bits per heavy atom. The summed E-state index contributed by atoms with van der Waals surface area (Å²) >= 11 is 0. The molecule has 1 saturated heterocycles. The number of benzene rings is 2. The SMILES string of the molecule is Cc1ccc(-c2nc(NC(=O)C3CC(=O)N(c4ccccc4F)C3)n[nH]2)cc1. The molecule has 1 atom stereocenters. The number of nitrogens with one attached hydrogen (secondary N) is 2. The van der Waals surface area contributed by atoms with Crippen LogP contribution < -0.4 is 10.2 Å². The van der Waals surface area contributed by atoms with Gasteiger partial charge in [0.05, 0.1) is 11.6 Å². The molecule has 3 aromatic rings. The van der Waals surface area contributed by atoms with E-state index in [-0.39, 0.29) is 36.4 Å². The van der Waals surface area contributed by atoms with Crippen LogP contribution in [0.15, 0.2) is 48.5 Å². The average Bonchev–Trinajstić information content (AvgIpc) is 3.30. The molecule has 0 spiro atoms. The highest BCUT2D eigenvalue weighted by molar-refractivity contribution is 6.03. The second kappa shape index (κ2) is 7.22. The van der Waals surface area contributed by atoms with E-state index in [0.717, 1.165) is 11.1 Å². The zero-order chi connectivity index (χ0) is 19.7. The van der Waals surface area contributed by atoms with E-state index in [9.17, 15) is 14.0 Å². The molecule has 28 heavy (non-hydrogen) atoms. The van der Waals surface area contributed by atoms with Crippen LogP contribution in [0.5, 0.6) is 0 Å². The molecule has 2 heterocycles. The Labute approximate surface area is 160 Å². The van der Waals surface area contributed by atoms with Gasteiger partial charge in [-0.25, -0.2) is 4.39 Å². The minimum absolute atomic E-state index is 0.00934. The summed E-state index contributed by atoms with van der Waals surface area (Å²) in [6.07, 6.45) is 0.00934. The number of hydrogen-bond acceptors (Lipinski definition) is 4.